The number of rotatable bonds is 1. The van der Waals surface area contributed by atoms with Crippen molar-refractivity contribution >= 4 is 34.6 Å². The van der Waals surface area contributed by atoms with E-state index in [0.717, 1.165) is 0 Å². The lowest BCUT2D eigenvalue weighted by Crippen LogP contribution is -2.08. The summed E-state index contributed by atoms with van der Waals surface area (Å²) in [7, 11) is 1.34. The average molecular weight is 206 g/mol. The van der Waals surface area contributed by atoms with Gasteiger partial charge in [-0.15, -0.1) is 0 Å². The molecular weight excluding hydrogens is 199 g/mol. The van der Waals surface area contributed by atoms with Gasteiger partial charge in [-0.05, 0) is 19.2 Å². The second-order valence-electron chi connectivity index (χ2n) is 2.32. The van der Waals surface area contributed by atoms with E-state index in [1.807, 2.05) is 0 Å². The van der Waals surface area contributed by atoms with Crippen LogP contribution in [0.1, 0.15) is 0 Å². The Morgan fingerprint density at radius 3 is 2.33 bits per heavy atom. The minimum Gasteiger partial charge on any atom is -0.758 e. The van der Waals surface area contributed by atoms with Crippen LogP contribution in [0, 0.1) is 5.21 Å². The average Bonchev–Trinajstić information content (AvgIpc) is 1.96. The Hall–Kier alpha value is -0.640. The molecule has 0 spiro atoms. The maximum Gasteiger partial charge on any atom is 0.0614 e. The highest BCUT2D eigenvalue weighted by Gasteiger charge is 2.03. The summed E-state index contributed by atoms with van der Waals surface area (Å²) in [5, 5.41) is 12.2. The predicted molar refractivity (Wildman–Crippen MR) is 52.6 cm³/mol. The van der Waals surface area contributed by atoms with Gasteiger partial charge < -0.3 is 16.0 Å². The van der Waals surface area contributed by atoms with Crippen LogP contribution < -0.4 is 10.8 Å². The van der Waals surface area contributed by atoms with Crippen molar-refractivity contribution < 1.29 is 0 Å². The largest absolute Gasteiger partial charge is 0.758 e. The summed E-state index contributed by atoms with van der Waals surface area (Å²) in [5.74, 6) is 0. The standard InChI is InChI=1S/C7H7Cl2N2O/c1-11(12)7-3-5(9)4(8)2-6(7)10/h2-3H,10H2,1H3/q-1. The molecule has 0 unspecified atom stereocenters. The van der Waals surface area contributed by atoms with E-state index in [1.165, 1.54) is 19.2 Å². The van der Waals surface area contributed by atoms with Gasteiger partial charge in [-0.1, -0.05) is 23.2 Å². The van der Waals surface area contributed by atoms with E-state index in [1.54, 1.807) is 0 Å². The maximum absolute atomic E-state index is 10.9. The molecule has 0 fully saturated rings. The van der Waals surface area contributed by atoms with Crippen molar-refractivity contribution in [2.45, 2.75) is 0 Å². The number of nitrogen functional groups attached to an aromatic ring is 1. The fourth-order valence-electron chi connectivity index (χ4n) is 0.824. The van der Waals surface area contributed by atoms with Crippen molar-refractivity contribution in [1.29, 1.82) is 0 Å². The molecule has 12 heavy (non-hydrogen) atoms. The molecule has 0 amide bonds. The first-order chi connectivity index (χ1) is 5.52. The molecule has 0 saturated carbocycles. The summed E-state index contributed by atoms with van der Waals surface area (Å²) < 4.78 is 0. The molecule has 1 rings (SSSR count). The van der Waals surface area contributed by atoms with Crippen molar-refractivity contribution in [2.75, 3.05) is 17.8 Å². The van der Waals surface area contributed by atoms with Gasteiger partial charge in [0.25, 0.3) is 0 Å². The van der Waals surface area contributed by atoms with Gasteiger partial charge in [0, 0.05) is 0 Å². The Labute approximate surface area is 80.3 Å². The number of hydrogen-bond acceptors (Lipinski definition) is 3. The van der Waals surface area contributed by atoms with E-state index in [-0.39, 0.29) is 0 Å². The summed E-state index contributed by atoms with van der Waals surface area (Å²) in [6.07, 6.45) is 0. The van der Waals surface area contributed by atoms with Crippen molar-refractivity contribution in [3.63, 3.8) is 0 Å². The Morgan fingerprint density at radius 1 is 1.33 bits per heavy atom. The fourth-order valence-corrected chi connectivity index (χ4v) is 1.15. The Balaban J connectivity index is 3.23. The van der Waals surface area contributed by atoms with Gasteiger partial charge in [-0.3, -0.25) is 0 Å². The second kappa shape index (κ2) is 3.39. The van der Waals surface area contributed by atoms with Gasteiger partial charge in [0.15, 0.2) is 0 Å². The van der Waals surface area contributed by atoms with Crippen molar-refractivity contribution in [3.05, 3.63) is 27.4 Å². The number of hydroxylamine groups is 1. The van der Waals surface area contributed by atoms with Gasteiger partial charge in [-0.25, -0.2) is 0 Å². The molecule has 0 aliphatic rings. The Morgan fingerprint density at radius 2 is 1.83 bits per heavy atom. The second-order valence-corrected chi connectivity index (χ2v) is 3.14. The third-order valence-electron chi connectivity index (χ3n) is 1.41. The highest BCUT2D eigenvalue weighted by molar-refractivity contribution is 6.42. The van der Waals surface area contributed by atoms with E-state index in [0.29, 0.717) is 26.5 Å². The fraction of sp³-hybridized carbons (Fsp3) is 0.143. The molecule has 0 aromatic heterocycles. The molecule has 1 aromatic carbocycles. The number of nitrogens with zero attached hydrogens (tertiary/aromatic N) is 1. The number of nitrogens with two attached hydrogens (primary N) is 1. The molecule has 0 bridgehead atoms. The molecule has 0 heterocycles. The van der Waals surface area contributed by atoms with E-state index < -0.39 is 0 Å². The zero-order valence-corrected chi connectivity index (χ0v) is 7.86. The quantitative estimate of drug-likeness (QED) is 0.567. The SMILES string of the molecule is CN([O-])c1cc(Cl)c(Cl)cc1N. The number of hydrogen-bond donors (Lipinski definition) is 1. The molecule has 2 N–H and O–H groups in total. The third-order valence-corrected chi connectivity index (χ3v) is 2.13. The van der Waals surface area contributed by atoms with Crippen LogP contribution in [0.25, 0.3) is 0 Å². The van der Waals surface area contributed by atoms with Crippen LogP contribution in [0.15, 0.2) is 12.1 Å². The first-order valence-electron chi connectivity index (χ1n) is 3.17. The van der Waals surface area contributed by atoms with E-state index in [9.17, 15) is 5.21 Å². The van der Waals surface area contributed by atoms with E-state index in [2.05, 4.69) is 0 Å². The molecule has 3 nitrogen and oxygen atoms in total. The van der Waals surface area contributed by atoms with Crippen LogP contribution in [0.5, 0.6) is 0 Å². The van der Waals surface area contributed by atoms with Gasteiger partial charge in [0.2, 0.25) is 0 Å². The molecule has 0 atom stereocenters. The molecule has 1 aromatic rings. The topological polar surface area (TPSA) is 52.3 Å². The van der Waals surface area contributed by atoms with Gasteiger partial charge in [0.1, 0.15) is 0 Å². The monoisotopic (exact) mass is 205 g/mol. The van der Waals surface area contributed by atoms with Crippen molar-refractivity contribution in [1.82, 2.24) is 0 Å². The van der Waals surface area contributed by atoms with Crippen LogP contribution in [0.2, 0.25) is 10.0 Å². The lowest BCUT2D eigenvalue weighted by molar-refractivity contribution is 1.22. The number of halogens is 2. The van der Waals surface area contributed by atoms with E-state index in [4.69, 9.17) is 28.9 Å². The molecule has 66 valence electrons. The highest BCUT2D eigenvalue weighted by atomic mass is 35.5. The predicted octanol–water partition coefficient (Wildman–Crippen LogP) is 2.51. The van der Waals surface area contributed by atoms with Crippen LogP contribution >= 0.6 is 23.2 Å². The smallest absolute Gasteiger partial charge is 0.0614 e. The minimum atomic E-state index is 0.321. The maximum atomic E-state index is 10.9. The molecular formula is C7H7Cl2N2O-. The van der Waals surface area contributed by atoms with Gasteiger partial charge >= 0.3 is 0 Å². The number of anilines is 2. The lowest BCUT2D eigenvalue weighted by atomic mass is 10.2. The zero-order valence-electron chi connectivity index (χ0n) is 6.34. The van der Waals surface area contributed by atoms with Gasteiger partial charge in [0.05, 0.1) is 21.4 Å². The summed E-state index contributed by atoms with van der Waals surface area (Å²) in [6, 6.07) is 2.89. The Bertz CT molecular complexity index is 302. The van der Waals surface area contributed by atoms with Crippen LogP contribution in [0.3, 0.4) is 0 Å². The summed E-state index contributed by atoms with van der Waals surface area (Å²) in [5.41, 5.74) is 6.15. The van der Waals surface area contributed by atoms with Crippen molar-refractivity contribution in [2.24, 2.45) is 0 Å². The van der Waals surface area contributed by atoms with E-state index >= 15 is 0 Å². The number of benzene rings is 1. The van der Waals surface area contributed by atoms with Crippen LogP contribution in [0.4, 0.5) is 11.4 Å². The normalized spacial score (nSPS) is 10.0. The third kappa shape index (κ3) is 1.75. The summed E-state index contributed by atoms with van der Waals surface area (Å²) >= 11 is 11.3. The minimum absolute atomic E-state index is 0.321. The first kappa shape index (κ1) is 9.45. The summed E-state index contributed by atoms with van der Waals surface area (Å²) in [6.45, 7) is 0. The lowest BCUT2D eigenvalue weighted by Gasteiger charge is -2.26. The Kier molecular flexibility index (Phi) is 2.67. The molecule has 0 saturated heterocycles. The van der Waals surface area contributed by atoms with Crippen LogP contribution in [-0.2, 0) is 0 Å². The molecule has 0 aliphatic carbocycles. The molecule has 0 radical (unpaired) electrons. The zero-order chi connectivity index (χ0) is 9.30. The summed E-state index contributed by atoms with van der Waals surface area (Å²) in [4.78, 5) is 0. The van der Waals surface area contributed by atoms with Crippen LogP contribution in [-0.4, -0.2) is 7.05 Å². The molecule has 0 aliphatic heterocycles. The van der Waals surface area contributed by atoms with Gasteiger partial charge in [-0.2, -0.15) is 0 Å². The van der Waals surface area contributed by atoms with Crippen molar-refractivity contribution in [3.8, 4) is 0 Å². The highest BCUT2D eigenvalue weighted by Crippen LogP contribution is 2.31. The first-order valence-corrected chi connectivity index (χ1v) is 3.93. The molecule has 5 heteroatoms.